The molecule has 1 aromatic rings. The van der Waals surface area contributed by atoms with Gasteiger partial charge in [-0.25, -0.2) is 26.6 Å². The van der Waals surface area contributed by atoms with Gasteiger partial charge in [0.25, 0.3) is 0 Å². The molecule has 1 aliphatic rings. The van der Waals surface area contributed by atoms with Crippen LogP contribution in [0, 0.1) is 0 Å². The lowest BCUT2D eigenvalue weighted by molar-refractivity contribution is 0.0697. The second kappa shape index (κ2) is 5.60. The van der Waals surface area contributed by atoms with E-state index in [1.54, 1.807) is 0 Å². The molecule has 1 saturated heterocycles. The quantitative estimate of drug-likeness (QED) is 0.798. The van der Waals surface area contributed by atoms with E-state index in [-0.39, 0.29) is 35.7 Å². The molecule has 0 amide bonds. The highest BCUT2D eigenvalue weighted by atomic mass is 32.2. The summed E-state index contributed by atoms with van der Waals surface area (Å²) in [5.41, 5.74) is -0.260. The summed E-state index contributed by atoms with van der Waals surface area (Å²) in [7, 11) is -7.06. The van der Waals surface area contributed by atoms with Crippen molar-refractivity contribution in [3.63, 3.8) is 0 Å². The van der Waals surface area contributed by atoms with Gasteiger partial charge in [-0.2, -0.15) is 0 Å². The molecule has 0 saturated carbocycles. The highest BCUT2D eigenvalue weighted by Crippen LogP contribution is 2.22. The van der Waals surface area contributed by atoms with Crippen molar-refractivity contribution in [2.45, 2.75) is 18.1 Å². The molecular formula is C11H14N2O6S2. The first-order valence-corrected chi connectivity index (χ1v) is 9.48. The third kappa shape index (κ3) is 3.70. The Kier molecular flexibility index (Phi) is 4.19. The minimum atomic E-state index is -3.88. The number of anilines is 1. The number of carboxylic acid groups (broad SMARTS) is 1. The van der Waals surface area contributed by atoms with Gasteiger partial charge < -0.3 is 5.11 Å². The van der Waals surface area contributed by atoms with E-state index in [0.29, 0.717) is 0 Å². The Bertz CT molecular complexity index is 743. The van der Waals surface area contributed by atoms with Crippen LogP contribution in [0.15, 0.2) is 18.3 Å². The minimum Gasteiger partial charge on any atom is -0.478 e. The maximum Gasteiger partial charge on any atom is 0.339 e. The number of sulfone groups is 1. The monoisotopic (exact) mass is 334 g/mol. The maximum absolute atomic E-state index is 12.2. The Morgan fingerprint density at radius 1 is 1.33 bits per heavy atom. The van der Waals surface area contributed by atoms with Crippen molar-refractivity contribution in [1.82, 2.24) is 4.98 Å². The molecule has 1 fully saturated rings. The molecule has 0 aliphatic carbocycles. The first kappa shape index (κ1) is 15.7. The first-order valence-electron chi connectivity index (χ1n) is 6.12. The van der Waals surface area contributed by atoms with Gasteiger partial charge in [-0.3, -0.25) is 4.72 Å². The molecule has 0 atom stereocenters. The van der Waals surface area contributed by atoms with Gasteiger partial charge in [-0.05, 0) is 25.0 Å². The van der Waals surface area contributed by atoms with Gasteiger partial charge in [0.05, 0.1) is 16.8 Å². The fraction of sp³-hybridized carbons (Fsp3) is 0.455. The fourth-order valence-electron chi connectivity index (χ4n) is 2.06. The third-order valence-corrected chi connectivity index (χ3v) is 6.76. The van der Waals surface area contributed by atoms with Crippen molar-refractivity contribution < 1.29 is 26.7 Å². The number of pyridine rings is 1. The molecule has 0 aromatic carbocycles. The molecule has 1 aromatic heterocycles. The van der Waals surface area contributed by atoms with Crippen molar-refractivity contribution >= 4 is 31.6 Å². The summed E-state index contributed by atoms with van der Waals surface area (Å²) in [5, 5.41) is 8.12. The van der Waals surface area contributed by atoms with Gasteiger partial charge in [0.1, 0.15) is 15.4 Å². The van der Waals surface area contributed by atoms with Gasteiger partial charge >= 0.3 is 5.97 Å². The average Bonchev–Trinajstić information content (AvgIpc) is 2.38. The molecule has 1 aliphatic heterocycles. The van der Waals surface area contributed by atoms with E-state index in [4.69, 9.17) is 5.11 Å². The van der Waals surface area contributed by atoms with Crippen LogP contribution in [0.2, 0.25) is 0 Å². The van der Waals surface area contributed by atoms with E-state index in [2.05, 4.69) is 9.71 Å². The Morgan fingerprint density at radius 3 is 2.52 bits per heavy atom. The smallest absolute Gasteiger partial charge is 0.339 e. The zero-order valence-electron chi connectivity index (χ0n) is 10.9. The Balaban J connectivity index is 2.21. The Morgan fingerprint density at radius 2 is 1.95 bits per heavy atom. The summed E-state index contributed by atoms with van der Waals surface area (Å²) in [6.07, 6.45) is 1.26. The summed E-state index contributed by atoms with van der Waals surface area (Å²) in [6.45, 7) is 0. The number of aromatic nitrogens is 1. The number of hydrogen-bond acceptors (Lipinski definition) is 6. The number of rotatable bonds is 4. The lowest BCUT2D eigenvalue weighted by Crippen LogP contribution is -2.36. The van der Waals surface area contributed by atoms with Crippen LogP contribution in [0.25, 0.3) is 0 Å². The standard InChI is InChI=1S/C11H14N2O6S2/c14-11(15)9-2-1-5-12-10(9)13-21(18,19)8-3-6-20(16,17)7-4-8/h1-2,5,8H,3-4,6-7H2,(H,12,13)(H,14,15). The van der Waals surface area contributed by atoms with Crippen molar-refractivity contribution in [2.24, 2.45) is 0 Å². The fourth-order valence-corrected chi connectivity index (χ4v) is 5.30. The third-order valence-electron chi connectivity index (χ3n) is 3.22. The Labute approximate surface area is 122 Å². The summed E-state index contributed by atoms with van der Waals surface area (Å²) in [5.74, 6) is -1.94. The average molecular weight is 334 g/mol. The van der Waals surface area contributed by atoms with Crippen LogP contribution in [-0.2, 0) is 19.9 Å². The van der Waals surface area contributed by atoms with Gasteiger partial charge in [0.2, 0.25) is 10.0 Å². The van der Waals surface area contributed by atoms with E-state index in [1.165, 1.54) is 18.3 Å². The van der Waals surface area contributed by atoms with Crippen molar-refractivity contribution in [3.05, 3.63) is 23.9 Å². The van der Waals surface area contributed by atoms with Crippen LogP contribution in [0.4, 0.5) is 5.82 Å². The molecule has 116 valence electrons. The summed E-state index contributed by atoms with van der Waals surface area (Å²) < 4.78 is 49.2. The molecular weight excluding hydrogens is 320 g/mol. The predicted molar refractivity (Wildman–Crippen MR) is 75.4 cm³/mol. The number of sulfonamides is 1. The van der Waals surface area contributed by atoms with Crippen molar-refractivity contribution in [2.75, 3.05) is 16.2 Å². The zero-order chi connectivity index (χ0) is 15.7. The molecule has 0 radical (unpaired) electrons. The molecule has 2 N–H and O–H groups in total. The lowest BCUT2D eigenvalue weighted by Gasteiger charge is -2.22. The highest BCUT2D eigenvalue weighted by molar-refractivity contribution is 7.94. The van der Waals surface area contributed by atoms with Crippen LogP contribution in [-0.4, -0.2) is 49.7 Å². The van der Waals surface area contributed by atoms with Gasteiger partial charge in [0.15, 0.2) is 5.82 Å². The number of nitrogens with zero attached hydrogens (tertiary/aromatic N) is 1. The minimum absolute atomic E-state index is 0.00704. The number of hydrogen-bond donors (Lipinski definition) is 2. The van der Waals surface area contributed by atoms with Gasteiger partial charge in [-0.15, -0.1) is 0 Å². The van der Waals surface area contributed by atoms with Crippen LogP contribution >= 0.6 is 0 Å². The zero-order valence-corrected chi connectivity index (χ0v) is 12.5. The number of carboxylic acids is 1. The van der Waals surface area contributed by atoms with Crippen molar-refractivity contribution in [1.29, 1.82) is 0 Å². The van der Waals surface area contributed by atoms with Crippen LogP contribution in [0.3, 0.4) is 0 Å². The number of aromatic carboxylic acids is 1. The first-order chi connectivity index (χ1) is 9.71. The summed E-state index contributed by atoms with van der Waals surface area (Å²) in [6, 6.07) is 2.62. The van der Waals surface area contributed by atoms with Gasteiger partial charge in [0, 0.05) is 6.20 Å². The van der Waals surface area contributed by atoms with Crippen LogP contribution < -0.4 is 4.72 Å². The molecule has 21 heavy (non-hydrogen) atoms. The number of nitrogens with one attached hydrogen (secondary N) is 1. The van der Waals surface area contributed by atoms with E-state index >= 15 is 0 Å². The normalized spacial score (nSPS) is 19.0. The SMILES string of the molecule is O=C(O)c1cccnc1NS(=O)(=O)C1CCS(=O)(=O)CC1. The van der Waals surface area contributed by atoms with E-state index in [1.807, 2.05) is 0 Å². The maximum atomic E-state index is 12.2. The number of carbonyl (C=O) groups is 1. The molecule has 2 heterocycles. The van der Waals surface area contributed by atoms with Crippen molar-refractivity contribution in [3.8, 4) is 0 Å². The summed E-state index contributed by atoms with van der Waals surface area (Å²) in [4.78, 5) is 14.7. The second-order valence-corrected chi connectivity index (χ2v) is 8.97. The topological polar surface area (TPSA) is 130 Å². The van der Waals surface area contributed by atoms with Crippen LogP contribution in [0.1, 0.15) is 23.2 Å². The molecule has 2 rings (SSSR count). The molecule has 0 bridgehead atoms. The lowest BCUT2D eigenvalue weighted by atomic mass is 10.2. The van der Waals surface area contributed by atoms with E-state index in [0.717, 1.165) is 0 Å². The Hall–Kier alpha value is -1.68. The predicted octanol–water partition coefficient (Wildman–Crippen LogP) is 0.0987. The molecule has 0 unspecified atom stereocenters. The second-order valence-electron chi connectivity index (χ2n) is 4.70. The largest absolute Gasteiger partial charge is 0.478 e. The molecule has 0 spiro atoms. The van der Waals surface area contributed by atoms with Crippen LogP contribution in [0.5, 0.6) is 0 Å². The molecule has 10 heteroatoms. The summed E-state index contributed by atoms with van der Waals surface area (Å²) >= 11 is 0. The molecule has 8 nitrogen and oxygen atoms in total. The van der Waals surface area contributed by atoms with Gasteiger partial charge in [-0.1, -0.05) is 0 Å². The highest BCUT2D eigenvalue weighted by Gasteiger charge is 2.33. The van der Waals surface area contributed by atoms with E-state index < -0.39 is 31.1 Å². The van der Waals surface area contributed by atoms with E-state index in [9.17, 15) is 21.6 Å².